The van der Waals surface area contributed by atoms with Crippen molar-refractivity contribution in [2.45, 2.75) is 6.92 Å². The van der Waals surface area contributed by atoms with E-state index < -0.39 is 0 Å². The number of nitrogen functional groups attached to an aromatic ring is 1. The number of nitrogens with two attached hydrogens (primary N) is 1. The number of aryl methyl sites for hydroxylation is 1. The first-order valence-electron chi connectivity index (χ1n) is 5.99. The van der Waals surface area contributed by atoms with Crippen LogP contribution in [-0.4, -0.2) is 10.1 Å². The number of hydrogen-bond acceptors (Lipinski definition) is 4. The molecular formula is C15H13N3O. The summed E-state index contributed by atoms with van der Waals surface area (Å²) in [6.45, 7) is 1.96. The molecule has 0 radical (unpaired) electrons. The molecule has 0 amide bonds. The van der Waals surface area contributed by atoms with Gasteiger partial charge in [-0.3, -0.25) is 0 Å². The van der Waals surface area contributed by atoms with Crippen LogP contribution in [0.25, 0.3) is 22.8 Å². The van der Waals surface area contributed by atoms with Gasteiger partial charge in [-0.1, -0.05) is 41.6 Å². The van der Waals surface area contributed by atoms with E-state index in [1.54, 1.807) is 0 Å². The Bertz CT molecular complexity index is 704. The first kappa shape index (κ1) is 11.5. The quantitative estimate of drug-likeness (QED) is 0.710. The first-order chi connectivity index (χ1) is 9.24. The van der Waals surface area contributed by atoms with Crippen LogP contribution in [0, 0.1) is 6.92 Å². The number of nitrogens with zero attached hydrogens (tertiary/aromatic N) is 2. The second-order valence-corrected chi connectivity index (χ2v) is 4.36. The van der Waals surface area contributed by atoms with E-state index in [2.05, 4.69) is 10.1 Å². The lowest BCUT2D eigenvalue weighted by atomic mass is 10.1. The Balaban J connectivity index is 1.99. The van der Waals surface area contributed by atoms with Crippen LogP contribution in [0.2, 0.25) is 0 Å². The predicted octanol–water partition coefficient (Wildman–Crippen LogP) is 3.29. The fraction of sp³-hybridized carbons (Fsp3) is 0.0667. The summed E-state index contributed by atoms with van der Waals surface area (Å²) in [4.78, 5) is 4.39. The highest BCUT2D eigenvalue weighted by Crippen LogP contribution is 2.24. The first-order valence-corrected chi connectivity index (χ1v) is 5.99. The van der Waals surface area contributed by atoms with E-state index in [-0.39, 0.29) is 0 Å². The van der Waals surface area contributed by atoms with Gasteiger partial charge >= 0.3 is 0 Å². The van der Waals surface area contributed by atoms with Crippen LogP contribution in [0.15, 0.2) is 53.1 Å². The minimum atomic E-state index is 0.477. The van der Waals surface area contributed by atoms with Crippen molar-refractivity contribution in [1.82, 2.24) is 10.1 Å². The third kappa shape index (κ3) is 2.20. The minimum absolute atomic E-state index is 0.477. The Hall–Kier alpha value is -2.62. The molecule has 0 spiro atoms. The molecule has 0 saturated heterocycles. The van der Waals surface area contributed by atoms with Crippen LogP contribution in [0.4, 0.5) is 5.69 Å². The highest BCUT2D eigenvalue weighted by Gasteiger charge is 2.10. The van der Waals surface area contributed by atoms with E-state index in [0.717, 1.165) is 22.4 Å². The van der Waals surface area contributed by atoms with Crippen LogP contribution in [0.5, 0.6) is 0 Å². The van der Waals surface area contributed by atoms with E-state index in [1.165, 1.54) is 0 Å². The number of aromatic nitrogens is 2. The van der Waals surface area contributed by atoms with Crippen molar-refractivity contribution in [3.05, 3.63) is 54.1 Å². The third-order valence-corrected chi connectivity index (χ3v) is 2.98. The average Bonchev–Trinajstić information content (AvgIpc) is 2.93. The molecule has 94 valence electrons. The summed E-state index contributed by atoms with van der Waals surface area (Å²) in [5.74, 6) is 1.06. The Kier molecular flexibility index (Phi) is 2.76. The summed E-state index contributed by atoms with van der Waals surface area (Å²) < 4.78 is 5.28. The summed E-state index contributed by atoms with van der Waals surface area (Å²) in [6, 6.07) is 15.4. The topological polar surface area (TPSA) is 64.9 Å². The van der Waals surface area contributed by atoms with Gasteiger partial charge in [0.25, 0.3) is 5.89 Å². The second-order valence-electron chi connectivity index (χ2n) is 4.36. The predicted molar refractivity (Wildman–Crippen MR) is 74.3 cm³/mol. The molecule has 3 rings (SSSR count). The number of rotatable bonds is 2. The molecule has 0 fully saturated rings. The van der Waals surface area contributed by atoms with Crippen molar-refractivity contribution in [2.75, 3.05) is 5.73 Å². The van der Waals surface area contributed by atoms with Gasteiger partial charge in [0.1, 0.15) is 0 Å². The Labute approximate surface area is 110 Å². The molecule has 0 aliphatic rings. The molecule has 0 atom stereocenters. The minimum Gasteiger partial charge on any atom is -0.398 e. The van der Waals surface area contributed by atoms with Gasteiger partial charge in [-0.25, -0.2) is 0 Å². The SMILES string of the molecule is Cc1ccc(-c2nc(-c3ccccc3)no2)cc1N. The maximum atomic E-state index is 5.89. The summed E-state index contributed by atoms with van der Waals surface area (Å²) >= 11 is 0. The maximum absolute atomic E-state index is 5.89. The molecule has 1 aromatic heterocycles. The largest absolute Gasteiger partial charge is 0.398 e. The van der Waals surface area contributed by atoms with Gasteiger partial charge in [0, 0.05) is 16.8 Å². The zero-order chi connectivity index (χ0) is 13.2. The standard InChI is InChI=1S/C15H13N3O/c1-10-7-8-12(9-13(10)16)15-17-14(18-19-15)11-5-3-2-4-6-11/h2-9H,16H2,1H3. The molecule has 4 nitrogen and oxygen atoms in total. The molecule has 0 aliphatic carbocycles. The zero-order valence-electron chi connectivity index (χ0n) is 10.5. The lowest BCUT2D eigenvalue weighted by Gasteiger charge is -2.00. The molecule has 4 heteroatoms. The van der Waals surface area contributed by atoms with Gasteiger partial charge < -0.3 is 10.3 Å². The molecule has 19 heavy (non-hydrogen) atoms. The lowest BCUT2D eigenvalue weighted by molar-refractivity contribution is 0.432. The highest BCUT2D eigenvalue weighted by molar-refractivity contribution is 5.64. The third-order valence-electron chi connectivity index (χ3n) is 2.98. The molecule has 0 unspecified atom stereocenters. The molecule has 2 N–H and O–H groups in total. The monoisotopic (exact) mass is 251 g/mol. The van der Waals surface area contributed by atoms with Gasteiger partial charge in [-0.15, -0.1) is 0 Å². The average molecular weight is 251 g/mol. The van der Waals surface area contributed by atoms with E-state index in [0.29, 0.717) is 11.7 Å². The van der Waals surface area contributed by atoms with Crippen molar-refractivity contribution in [2.24, 2.45) is 0 Å². The molecule has 0 bridgehead atoms. The summed E-state index contributed by atoms with van der Waals surface area (Å²) in [6.07, 6.45) is 0. The van der Waals surface area contributed by atoms with E-state index in [1.807, 2.05) is 55.5 Å². The number of hydrogen-bond donors (Lipinski definition) is 1. The number of benzene rings is 2. The van der Waals surface area contributed by atoms with Crippen molar-refractivity contribution < 1.29 is 4.52 Å². The summed E-state index contributed by atoms with van der Waals surface area (Å²) in [7, 11) is 0. The van der Waals surface area contributed by atoms with Crippen LogP contribution < -0.4 is 5.73 Å². The van der Waals surface area contributed by atoms with Gasteiger partial charge in [0.2, 0.25) is 5.82 Å². The maximum Gasteiger partial charge on any atom is 0.258 e. The van der Waals surface area contributed by atoms with Crippen molar-refractivity contribution in [1.29, 1.82) is 0 Å². The zero-order valence-corrected chi connectivity index (χ0v) is 10.5. The Morgan fingerprint density at radius 1 is 1.00 bits per heavy atom. The van der Waals surface area contributed by atoms with E-state index in [4.69, 9.17) is 10.3 Å². The van der Waals surface area contributed by atoms with Gasteiger partial charge in [0.15, 0.2) is 0 Å². The lowest BCUT2D eigenvalue weighted by Crippen LogP contribution is -1.90. The molecule has 3 aromatic rings. The molecular weight excluding hydrogens is 238 g/mol. The van der Waals surface area contributed by atoms with Crippen molar-refractivity contribution in [3.8, 4) is 22.8 Å². The molecule has 1 heterocycles. The molecule has 0 aliphatic heterocycles. The van der Waals surface area contributed by atoms with Crippen LogP contribution in [0.3, 0.4) is 0 Å². The highest BCUT2D eigenvalue weighted by atomic mass is 16.5. The summed E-state index contributed by atoms with van der Waals surface area (Å²) in [5.41, 5.74) is 9.40. The van der Waals surface area contributed by atoms with Crippen LogP contribution in [0.1, 0.15) is 5.56 Å². The Morgan fingerprint density at radius 3 is 2.53 bits per heavy atom. The van der Waals surface area contributed by atoms with Gasteiger partial charge in [0.05, 0.1) is 0 Å². The van der Waals surface area contributed by atoms with E-state index in [9.17, 15) is 0 Å². The smallest absolute Gasteiger partial charge is 0.258 e. The number of anilines is 1. The van der Waals surface area contributed by atoms with Crippen molar-refractivity contribution in [3.63, 3.8) is 0 Å². The van der Waals surface area contributed by atoms with Gasteiger partial charge in [-0.2, -0.15) is 4.98 Å². The molecule has 2 aromatic carbocycles. The molecule has 0 saturated carbocycles. The normalized spacial score (nSPS) is 10.6. The van der Waals surface area contributed by atoms with Crippen LogP contribution in [-0.2, 0) is 0 Å². The fourth-order valence-corrected chi connectivity index (χ4v) is 1.82. The van der Waals surface area contributed by atoms with Crippen molar-refractivity contribution >= 4 is 5.69 Å². The summed E-state index contributed by atoms with van der Waals surface area (Å²) in [5, 5.41) is 3.99. The van der Waals surface area contributed by atoms with Gasteiger partial charge in [-0.05, 0) is 24.6 Å². The second kappa shape index (κ2) is 4.57. The van der Waals surface area contributed by atoms with Crippen LogP contribution >= 0.6 is 0 Å². The Morgan fingerprint density at radius 2 is 1.79 bits per heavy atom. The van der Waals surface area contributed by atoms with E-state index >= 15 is 0 Å². The fourth-order valence-electron chi connectivity index (χ4n) is 1.82.